The summed E-state index contributed by atoms with van der Waals surface area (Å²) >= 11 is 0. The zero-order valence-electron chi connectivity index (χ0n) is 12.7. The van der Waals surface area contributed by atoms with Crippen molar-refractivity contribution in [2.45, 2.75) is 64.0 Å². The third-order valence-corrected chi connectivity index (χ3v) is 4.57. The van der Waals surface area contributed by atoms with Crippen molar-refractivity contribution in [3.8, 4) is 0 Å². The van der Waals surface area contributed by atoms with Crippen LogP contribution in [0.3, 0.4) is 0 Å². The largest absolute Gasteiger partial charge is 0.387 e. The Morgan fingerprint density at radius 1 is 1.15 bits per heavy atom. The number of hydrogen-bond donors (Lipinski definition) is 2. The van der Waals surface area contributed by atoms with Crippen molar-refractivity contribution in [2.24, 2.45) is 5.92 Å². The summed E-state index contributed by atoms with van der Waals surface area (Å²) in [6.07, 6.45) is 8.94. The van der Waals surface area contributed by atoms with Crippen LogP contribution in [0, 0.1) is 5.92 Å². The fourth-order valence-electron chi connectivity index (χ4n) is 3.35. The van der Waals surface area contributed by atoms with E-state index in [0.717, 1.165) is 11.5 Å². The predicted octanol–water partition coefficient (Wildman–Crippen LogP) is 4.06. The highest BCUT2D eigenvalue weighted by atomic mass is 16.3. The smallest absolute Gasteiger partial charge is 0.0914 e. The highest BCUT2D eigenvalue weighted by Crippen LogP contribution is 2.26. The molecule has 2 heteroatoms. The zero-order valence-corrected chi connectivity index (χ0v) is 12.7. The first-order valence-corrected chi connectivity index (χ1v) is 8.26. The molecule has 0 radical (unpaired) electrons. The van der Waals surface area contributed by atoms with Crippen LogP contribution in [0.15, 0.2) is 30.3 Å². The van der Waals surface area contributed by atoms with E-state index >= 15 is 0 Å². The Labute approximate surface area is 123 Å². The molecule has 0 aromatic heterocycles. The standard InChI is InChI=1S/C18H29NO/c1-2-7-15-8-6-11-17(13-12-15)19-14-18(20)16-9-4-3-5-10-16/h3-5,9-10,15,17-20H,2,6-8,11-14H2,1H3. The molecule has 3 unspecified atom stereocenters. The zero-order chi connectivity index (χ0) is 14.2. The Bertz CT molecular complexity index is 365. The van der Waals surface area contributed by atoms with Crippen LogP contribution in [-0.4, -0.2) is 17.7 Å². The summed E-state index contributed by atoms with van der Waals surface area (Å²) < 4.78 is 0. The number of aliphatic hydroxyl groups is 1. The summed E-state index contributed by atoms with van der Waals surface area (Å²) in [6, 6.07) is 10.5. The van der Waals surface area contributed by atoms with Crippen LogP contribution in [0.5, 0.6) is 0 Å². The SMILES string of the molecule is CCCC1CCCC(NCC(O)c2ccccc2)CC1. The minimum atomic E-state index is -0.383. The number of benzene rings is 1. The van der Waals surface area contributed by atoms with E-state index in [-0.39, 0.29) is 6.10 Å². The maximum Gasteiger partial charge on any atom is 0.0914 e. The highest BCUT2D eigenvalue weighted by Gasteiger charge is 2.18. The van der Waals surface area contributed by atoms with Gasteiger partial charge in [0.15, 0.2) is 0 Å². The molecule has 1 fully saturated rings. The summed E-state index contributed by atoms with van der Waals surface area (Å²) in [6.45, 7) is 2.96. The van der Waals surface area contributed by atoms with E-state index in [1.165, 1.54) is 44.9 Å². The number of rotatable bonds is 6. The summed E-state index contributed by atoms with van der Waals surface area (Å²) in [5.41, 5.74) is 1.01. The van der Waals surface area contributed by atoms with Gasteiger partial charge in [0.05, 0.1) is 6.10 Å². The van der Waals surface area contributed by atoms with E-state index in [2.05, 4.69) is 12.2 Å². The van der Waals surface area contributed by atoms with E-state index in [4.69, 9.17) is 0 Å². The van der Waals surface area contributed by atoms with Gasteiger partial charge in [0.1, 0.15) is 0 Å². The molecular formula is C18H29NO. The van der Waals surface area contributed by atoms with Crippen LogP contribution < -0.4 is 5.32 Å². The maximum atomic E-state index is 10.2. The molecule has 1 saturated carbocycles. The van der Waals surface area contributed by atoms with Crippen molar-refractivity contribution < 1.29 is 5.11 Å². The summed E-state index contributed by atoms with van der Waals surface area (Å²) in [4.78, 5) is 0. The lowest BCUT2D eigenvalue weighted by atomic mass is 9.95. The second kappa shape index (κ2) is 8.43. The molecule has 0 spiro atoms. The van der Waals surface area contributed by atoms with Crippen molar-refractivity contribution in [3.63, 3.8) is 0 Å². The van der Waals surface area contributed by atoms with E-state index in [1.54, 1.807) is 0 Å². The Hall–Kier alpha value is -0.860. The van der Waals surface area contributed by atoms with Gasteiger partial charge in [-0.05, 0) is 30.7 Å². The van der Waals surface area contributed by atoms with Gasteiger partial charge < -0.3 is 10.4 Å². The van der Waals surface area contributed by atoms with Gasteiger partial charge in [-0.3, -0.25) is 0 Å². The normalized spacial score (nSPS) is 25.1. The fourth-order valence-corrected chi connectivity index (χ4v) is 3.35. The minimum absolute atomic E-state index is 0.383. The molecule has 1 aliphatic carbocycles. The molecule has 0 bridgehead atoms. The maximum absolute atomic E-state index is 10.2. The van der Waals surface area contributed by atoms with Gasteiger partial charge in [0, 0.05) is 12.6 Å². The minimum Gasteiger partial charge on any atom is -0.387 e. The Kier molecular flexibility index (Phi) is 6.55. The van der Waals surface area contributed by atoms with E-state index in [9.17, 15) is 5.11 Å². The highest BCUT2D eigenvalue weighted by molar-refractivity contribution is 5.17. The van der Waals surface area contributed by atoms with Crippen LogP contribution >= 0.6 is 0 Å². The van der Waals surface area contributed by atoms with Crippen molar-refractivity contribution in [2.75, 3.05) is 6.54 Å². The lowest BCUT2D eigenvalue weighted by Crippen LogP contribution is -2.32. The molecule has 0 heterocycles. The Morgan fingerprint density at radius 2 is 1.95 bits per heavy atom. The van der Waals surface area contributed by atoms with Crippen LogP contribution in [-0.2, 0) is 0 Å². The van der Waals surface area contributed by atoms with Gasteiger partial charge in [0.2, 0.25) is 0 Å². The first kappa shape index (κ1) is 15.5. The summed E-state index contributed by atoms with van der Waals surface area (Å²) in [5.74, 6) is 0.936. The second-order valence-corrected chi connectivity index (χ2v) is 6.19. The van der Waals surface area contributed by atoms with Gasteiger partial charge >= 0.3 is 0 Å². The van der Waals surface area contributed by atoms with Gasteiger partial charge in [-0.2, -0.15) is 0 Å². The van der Waals surface area contributed by atoms with E-state index < -0.39 is 0 Å². The van der Waals surface area contributed by atoms with Gasteiger partial charge in [-0.1, -0.05) is 62.9 Å². The molecule has 2 N–H and O–H groups in total. The van der Waals surface area contributed by atoms with Gasteiger partial charge in [-0.25, -0.2) is 0 Å². The average molecular weight is 275 g/mol. The van der Waals surface area contributed by atoms with Crippen molar-refractivity contribution in [1.82, 2.24) is 5.32 Å². The molecule has 2 nitrogen and oxygen atoms in total. The average Bonchev–Trinajstić information content (AvgIpc) is 2.71. The molecular weight excluding hydrogens is 246 g/mol. The third kappa shape index (κ3) is 4.92. The quantitative estimate of drug-likeness (QED) is 0.767. The lowest BCUT2D eigenvalue weighted by molar-refractivity contribution is 0.168. The first-order chi connectivity index (χ1) is 9.79. The monoisotopic (exact) mass is 275 g/mol. The Balaban J connectivity index is 1.74. The molecule has 1 aromatic rings. The van der Waals surface area contributed by atoms with Crippen LogP contribution in [0.4, 0.5) is 0 Å². The predicted molar refractivity (Wildman–Crippen MR) is 84.7 cm³/mol. The van der Waals surface area contributed by atoms with Crippen molar-refractivity contribution in [3.05, 3.63) is 35.9 Å². The summed E-state index contributed by atoms with van der Waals surface area (Å²) in [5, 5.41) is 13.8. The van der Waals surface area contributed by atoms with Crippen LogP contribution in [0.2, 0.25) is 0 Å². The van der Waals surface area contributed by atoms with Crippen LogP contribution in [0.1, 0.15) is 63.5 Å². The van der Waals surface area contributed by atoms with Crippen LogP contribution in [0.25, 0.3) is 0 Å². The van der Waals surface area contributed by atoms with Gasteiger partial charge in [-0.15, -0.1) is 0 Å². The fraction of sp³-hybridized carbons (Fsp3) is 0.667. The molecule has 1 aliphatic rings. The molecule has 20 heavy (non-hydrogen) atoms. The molecule has 3 atom stereocenters. The van der Waals surface area contributed by atoms with Crippen molar-refractivity contribution >= 4 is 0 Å². The first-order valence-electron chi connectivity index (χ1n) is 8.26. The molecule has 2 rings (SSSR count). The Morgan fingerprint density at radius 3 is 2.70 bits per heavy atom. The molecule has 0 amide bonds. The number of nitrogens with one attached hydrogen (secondary N) is 1. The summed E-state index contributed by atoms with van der Waals surface area (Å²) in [7, 11) is 0. The molecule has 1 aromatic carbocycles. The second-order valence-electron chi connectivity index (χ2n) is 6.19. The molecule has 112 valence electrons. The third-order valence-electron chi connectivity index (χ3n) is 4.57. The molecule has 0 saturated heterocycles. The van der Waals surface area contributed by atoms with E-state index in [1.807, 2.05) is 30.3 Å². The number of hydrogen-bond acceptors (Lipinski definition) is 2. The molecule has 0 aliphatic heterocycles. The van der Waals surface area contributed by atoms with Crippen molar-refractivity contribution in [1.29, 1.82) is 0 Å². The van der Waals surface area contributed by atoms with Gasteiger partial charge in [0.25, 0.3) is 0 Å². The lowest BCUT2D eigenvalue weighted by Gasteiger charge is -2.19. The number of aliphatic hydroxyl groups excluding tert-OH is 1. The van der Waals surface area contributed by atoms with E-state index in [0.29, 0.717) is 12.6 Å². The topological polar surface area (TPSA) is 32.3 Å².